The van der Waals surface area contributed by atoms with E-state index >= 15 is 0 Å². The Morgan fingerprint density at radius 1 is 1.44 bits per heavy atom. The van der Waals surface area contributed by atoms with Crippen LogP contribution in [-0.4, -0.2) is 0 Å². The molecule has 44 valence electrons. The molecule has 0 unspecified atom stereocenters. The van der Waals surface area contributed by atoms with Crippen molar-refractivity contribution in [2.75, 3.05) is 0 Å². The summed E-state index contributed by atoms with van der Waals surface area (Å²) in [5.74, 6) is 0. The van der Waals surface area contributed by atoms with Crippen molar-refractivity contribution in [3.63, 3.8) is 0 Å². The minimum atomic E-state index is 0.314. The molecule has 0 rings (SSSR count). The molecule has 0 N–H and O–H groups in total. The van der Waals surface area contributed by atoms with Crippen LogP contribution in [0.3, 0.4) is 0 Å². The predicted octanol–water partition coefficient (Wildman–Crippen LogP) is 1.54. The second kappa shape index (κ2) is 3.46. The van der Waals surface area contributed by atoms with Crippen LogP contribution in [0.4, 0.5) is 0 Å². The Balaban J connectivity index is 4.22. The summed E-state index contributed by atoms with van der Waals surface area (Å²) in [7, 11) is 0. The molecule has 2 nitrogen and oxygen atoms in total. The Hall–Kier alpha value is -1.54. The zero-order valence-electron chi connectivity index (χ0n) is 5.18. The van der Waals surface area contributed by atoms with Crippen LogP contribution in [0.2, 0.25) is 0 Å². The highest BCUT2D eigenvalue weighted by atomic mass is 14.2. The maximum atomic E-state index is 8.21. The minimum absolute atomic E-state index is 0.314. The quantitative estimate of drug-likeness (QED) is 0.387. The highest BCUT2D eigenvalue weighted by Crippen LogP contribution is 1.95. The molecule has 0 heterocycles. The average Bonchev–Trinajstić information content (AvgIpc) is 1.87. The van der Waals surface area contributed by atoms with Crippen molar-refractivity contribution >= 4 is 0 Å². The van der Waals surface area contributed by atoms with Crippen molar-refractivity contribution < 1.29 is 0 Å². The number of nitriles is 2. The zero-order valence-corrected chi connectivity index (χ0v) is 5.18. The number of rotatable bonds is 1. The molecule has 0 spiro atoms. The fourth-order valence-electron chi connectivity index (χ4n) is 0.326. The maximum absolute atomic E-state index is 8.21. The van der Waals surface area contributed by atoms with Crippen LogP contribution in [-0.2, 0) is 0 Å². The molecule has 0 atom stereocenters. The molecule has 0 aliphatic heterocycles. The van der Waals surface area contributed by atoms with E-state index < -0.39 is 0 Å². The zero-order chi connectivity index (χ0) is 7.28. The molecule has 0 fully saturated rings. The van der Waals surface area contributed by atoms with E-state index in [0.29, 0.717) is 11.1 Å². The summed E-state index contributed by atoms with van der Waals surface area (Å²) in [5.41, 5.74) is 0.815. The van der Waals surface area contributed by atoms with Gasteiger partial charge in [-0.1, -0.05) is 6.58 Å². The maximum Gasteiger partial charge on any atom is 0.0985 e. The molecule has 0 saturated carbocycles. The van der Waals surface area contributed by atoms with E-state index in [0.717, 1.165) is 0 Å². The van der Waals surface area contributed by atoms with Crippen LogP contribution in [0.25, 0.3) is 0 Å². The summed E-state index contributed by atoms with van der Waals surface area (Å²) in [6.45, 7) is 5.00. The van der Waals surface area contributed by atoms with E-state index in [-0.39, 0.29) is 0 Å². The van der Waals surface area contributed by atoms with Crippen molar-refractivity contribution in [2.24, 2.45) is 0 Å². The standard InChI is InChI=1S/C7H6N2/c1-6(4-8)3-7(2)5-9/h3H,1H2,2H3/b7-3+. The van der Waals surface area contributed by atoms with Gasteiger partial charge in [-0.15, -0.1) is 0 Å². The van der Waals surface area contributed by atoms with Gasteiger partial charge in [-0.25, -0.2) is 0 Å². The van der Waals surface area contributed by atoms with Crippen LogP contribution >= 0.6 is 0 Å². The molecule has 0 aromatic rings. The molecule has 9 heavy (non-hydrogen) atoms. The molecular weight excluding hydrogens is 112 g/mol. The largest absolute Gasteiger partial charge is 0.193 e. The van der Waals surface area contributed by atoms with E-state index in [1.807, 2.05) is 12.1 Å². The van der Waals surface area contributed by atoms with Crippen molar-refractivity contribution in [2.45, 2.75) is 6.92 Å². The highest BCUT2D eigenvalue weighted by Gasteiger charge is 1.85. The van der Waals surface area contributed by atoms with Gasteiger partial charge in [-0.2, -0.15) is 10.5 Å². The second-order valence-corrected chi connectivity index (χ2v) is 1.58. The summed E-state index contributed by atoms with van der Waals surface area (Å²) in [5, 5.41) is 16.4. The second-order valence-electron chi connectivity index (χ2n) is 1.58. The van der Waals surface area contributed by atoms with Crippen molar-refractivity contribution in [3.05, 3.63) is 23.8 Å². The first kappa shape index (κ1) is 7.46. The molecular formula is C7H6N2. The van der Waals surface area contributed by atoms with E-state index in [1.54, 1.807) is 6.92 Å². The number of hydrogen-bond donors (Lipinski definition) is 0. The number of allylic oxidation sites excluding steroid dienone is 3. The molecule has 0 bridgehead atoms. The lowest BCUT2D eigenvalue weighted by atomic mass is 10.2. The van der Waals surface area contributed by atoms with Gasteiger partial charge in [0, 0.05) is 11.1 Å². The number of nitrogens with zero attached hydrogens (tertiary/aromatic N) is 2. The fraction of sp³-hybridized carbons (Fsp3) is 0.143. The van der Waals surface area contributed by atoms with E-state index in [2.05, 4.69) is 6.58 Å². The Morgan fingerprint density at radius 2 is 2.00 bits per heavy atom. The summed E-state index contributed by atoms with van der Waals surface area (Å²) < 4.78 is 0. The van der Waals surface area contributed by atoms with Gasteiger partial charge in [-0.3, -0.25) is 0 Å². The van der Waals surface area contributed by atoms with Gasteiger partial charge < -0.3 is 0 Å². The number of hydrogen-bond acceptors (Lipinski definition) is 2. The minimum Gasteiger partial charge on any atom is -0.193 e. The van der Waals surface area contributed by atoms with E-state index in [4.69, 9.17) is 10.5 Å². The Bertz CT molecular complexity index is 222. The topological polar surface area (TPSA) is 47.6 Å². The monoisotopic (exact) mass is 118 g/mol. The van der Waals surface area contributed by atoms with Gasteiger partial charge in [0.2, 0.25) is 0 Å². The molecule has 0 aromatic heterocycles. The third-order valence-corrected chi connectivity index (χ3v) is 0.711. The van der Waals surface area contributed by atoms with Crippen molar-refractivity contribution in [1.29, 1.82) is 10.5 Å². The molecule has 0 aromatic carbocycles. The Kier molecular flexibility index (Phi) is 2.87. The Morgan fingerprint density at radius 3 is 2.33 bits per heavy atom. The summed E-state index contributed by atoms with van der Waals surface area (Å²) in [4.78, 5) is 0. The first-order chi connectivity index (χ1) is 4.20. The first-order valence-electron chi connectivity index (χ1n) is 2.38. The van der Waals surface area contributed by atoms with Crippen LogP contribution in [0.15, 0.2) is 23.8 Å². The molecule has 0 radical (unpaired) electrons. The smallest absolute Gasteiger partial charge is 0.0985 e. The van der Waals surface area contributed by atoms with Gasteiger partial charge in [0.05, 0.1) is 12.1 Å². The lowest BCUT2D eigenvalue weighted by Crippen LogP contribution is -1.70. The van der Waals surface area contributed by atoms with Crippen LogP contribution < -0.4 is 0 Å². The first-order valence-corrected chi connectivity index (χ1v) is 2.38. The lowest BCUT2D eigenvalue weighted by molar-refractivity contribution is 1.43. The molecule has 2 heteroatoms. The van der Waals surface area contributed by atoms with Crippen LogP contribution in [0.1, 0.15) is 6.92 Å². The van der Waals surface area contributed by atoms with Crippen molar-refractivity contribution in [3.8, 4) is 12.1 Å². The van der Waals surface area contributed by atoms with E-state index in [1.165, 1.54) is 6.08 Å². The molecule has 0 aliphatic carbocycles. The predicted molar refractivity (Wildman–Crippen MR) is 34.1 cm³/mol. The third kappa shape index (κ3) is 3.08. The normalized spacial score (nSPS) is 9.44. The van der Waals surface area contributed by atoms with Crippen molar-refractivity contribution in [1.82, 2.24) is 0 Å². The average molecular weight is 118 g/mol. The Labute approximate surface area is 54.3 Å². The summed E-state index contributed by atoms with van der Waals surface area (Å²) in [6.07, 6.45) is 1.44. The molecule has 0 aliphatic rings. The fourth-order valence-corrected chi connectivity index (χ4v) is 0.326. The van der Waals surface area contributed by atoms with Gasteiger partial charge in [0.1, 0.15) is 0 Å². The van der Waals surface area contributed by atoms with Gasteiger partial charge >= 0.3 is 0 Å². The summed E-state index contributed by atoms with van der Waals surface area (Å²) in [6, 6.07) is 3.69. The highest BCUT2D eigenvalue weighted by molar-refractivity contribution is 5.36. The molecule has 0 saturated heterocycles. The van der Waals surface area contributed by atoms with Crippen LogP contribution in [0, 0.1) is 22.7 Å². The van der Waals surface area contributed by atoms with Gasteiger partial charge in [0.15, 0.2) is 0 Å². The van der Waals surface area contributed by atoms with Gasteiger partial charge in [0.25, 0.3) is 0 Å². The lowest BCUT2D eigenvalue weighted by Gasteiger charge is -1.80. The summed E-state index contributed by atoms with van der Waals surface area (Å²) >= 11 is 0. The van der Waals surface area contributed by atoms with Gasteiger partial charge in [-0.05, 0) is 13.0 Å². The van der Waals surface area contributed by atoms with Crippen LogP contribution in [0.5, 0.6) is 0 Å². The SMILES string of the molecule is C=C(C#N)/C=C(\C)C#N. The molecule has 0 amide bonds. The van der Waals surface area contributed by atoms with E-state index in [9.17, 15) is 0 Å². The third-order valence-electron chi connectivity index (χ3n) is 0.711.